The Morgan fingerprint density at radius 2 is 1.81 bits per heavy atom. The van der Waals surface area contributed by atoms with Crippen LogP contribution in [0.4, 0.5) is 11.4 Å². The van der Waals surface area contributed by atoms with E-state index in [1.54, 1.807) is 36.4 Å². The third-order valence-electron chi connectivity index (χ3n) is 3.51. The molecule has 2 aromatic carbocycles. The molecule has 2 N–H and O–H groups in total. The highest BCUT2D eigenvalue weighted by Gasteiger charge is 2.13. The summed E-state index contributed by atoms with van der Waals surface area (Å²) < 4.78 is 10.4. The highest BCUT2D eigenvalue weighted by Crippen LogP contribution is 2.35. The van der Waals surface area contributed by atoms with Crippen molar-refractivity contribution in [2.75, 3.05) is 24.9 Å². The quantitative estimate of drug-likeness (QED) is 0.582. The minimum absolute atomic E-state index is 0.196. The molecule has 0 spiro atoms. The number of hydrogen-bond acceptors (Lipinski definition) is 6. The molecule has 7 nitrogen and oxygen atoms in total. The number of carbonyl (C=O) groups excluding carboxylic acids is 1. The monoisotopic (exact) mass is 382 g/mol. The molecule has 2 rings (SSSR count). The summed E-state index contributed by atoms with van der Waals surface area (Å²) in [6.07, 6.45) is 1.23. The Bertz CT molecular complexity index is 974. The lowest BCUT2D eigenvalue weighted by molar-refractivity contribution is -0.112. The van der Waals surface area contributed by atoms with E-state index in [-0.39, 0.29) is 5.57 Å². The normalized spacial score (nSPS) is 10.3. The van der Waals surface area contributed by atoms with Gasteiger partial charge < -0.3 is 20.1 Å². The molecule has 8 heteroatoms. The molecule has 0 saturated heterocycles. The summed E-state index contributed by atoms with van der Waals surface area (Å²) in [4.78, 5) is 12.3. The van der Waals surface area contributed by atoms with E-state index in [2.05, 4.69) is 10.6 Å². The van der Waals surface area contributed by atoms with Gasteiger partial charge in [-0.05, 0) is 12.1 Å². The molecule has 0 bridgehead atoms. The van der Waals surface area contributed by atoms with Crippen molar-refractivity contribution < 1.29 is 14.3 Å². The van der Waals surface area contributed by atoms with Gasteiger partial charge in [0.25, 0.3) is 5.91 Å². The number of nitriles is 2. The summed E-state index contributed by atoms with van der Waals surface area (Å²) >= 11 is 6.05. The summed E-state index contributed by atoms with van der Waals surface area (Å²) in [6.45, 7) is 0. The molecule has 27 heavy (non-hydrogen) atoms. The zero-order valence-electron chi connectivity index (χ0n) is 14.5. The molecule has 0 aliphatic heterocycles. The van der Waals surface area contributed by atoms with Crippen molar-refractivity contribution in [1.29, 1.82) is 10.5 Å². The molecule has 0 heterocycles. The molecule has 0 radical (unpaired) electrons. The van der Waals surface area contributed by atoms with Crippen molar-refractivity contribution in [3.05, 3.63) is 58.8 Å². The fraction of sp³-hybridized carbons (Fsp3) is 0.105. The number of benzene rings is 2. The highest BCUT2D eigenvalue weighted by atomic mass is 35.5. The first-order valence-electron chi connectivity index (χ1n) is 7.62. The molecule has 0 unspecified atom stereocenters. The lowest BCUT2D eigenvalue weighted by Gasteiger charge is -2.12. The smallest absolute Gasteiger partial charge is 0.267 e. The van der Waals surface area contributed by atoms with Crippen molar-refractivity contribution >= 4 is 28.9 Å². The standard InChI is InChI=1S/C19H15ClN4O3/c1-26-17-8-16(18(27-2)7-14(17)20)23-11-13(10-22)19(25)24-15-6-4-3-5-12(15)9-21/h3-8,11,23H,1-2H3,(H,24,25)/b13-11-. The van der Waals surface area contributed by atoms with Gasteiger partial charge in [-0.15, -0.1) is 0 Å². The van der Waals surface area contributed by atoms with Gasteiger partial charge >= 0.3 is 0 Å². The second-order valence-electron chi connectivity index (χ2n) is 5.11. The van der Waals surface area contributed by atoms with Crippen molar-refractivity contribution in [3.63, 3.8) is 0 Å². The maximum Gasteiger partial charge on any atom is 0.267 e. The molecular weight excluding hydrogens is 368 g/mol. The minimum atomic E-state index is -0.660. The average Bonchev–Trinajstić information content (AvgIpc) is 2.69. The highest BCUT2D eigenvalue weighted by molar-refractivity contribution is 6.32. The van der Waals surface area contributed by atoms with Crippen LogP contribution in [0.1, 0.15) is 5.56 Å². The molecular formula is C19H15ClN4O3. The number of methoxy groups -OCH3 is 2. The number of amides is 1. The van der Waals surface area contributed by atoms with Crippen LogP contribution in [0.3, 0.4) is 0 Å². The Labute approximate surface area is 161 Å². The summed E-state index contributed by atoms with van der Waals surface area (Å²) in [7, 11) is 2.93. The molecule has 0 fully saturated rings. The van der Waals surface area contributed by atoms with E-state index < -0.39 is 5.91 Å². The number of nitrogens with one attached hydrogen (secondary N) is 2. The van der Waals surface area contributed by atoms with Crippen LogP contribution in [0.5, 0.6) is 11.5 Å². The SMILES string of the molecule is COc1cc(N/C=C(/C#N)C(=O)Nc2ccccc2C#N)c(OC)cc1Cl. The Kier molecular flexibility index (Phi) is 6.65. The van der Waals surface area contributed by atoms with Crippen LogP contribution >= 0.6 is 11.6 Å². The number of ether oxygens (including phenoxy) is 2. The molecule has 0 aliphatic carbocycles. The van der Waals surface area contributed by atoms with Gasteiger partial charge in [-0.3, -0.25) is 4.79 Å². The number of anilines is 2. The van der Waals surface area contributed by atoms with E-state index in [1.165, 1.54) is 20.4 Å². The fourth-order valence-corrected chi connectivity index (χ4v) is 2.38. The van der Waals surface area contributed by atoms with Crippen molar-refractivity contribution in [2.45, 2.75) is 0 Å². The zero-order chi connectivity index (χ0) is 19.8. The number of halogens is 1. The van der Waals surface area contributed by atoms with Gasteiger partial charge in [0.1, 0.15) is 29.2 Å². The maximum absolute atomic E-state index is 12.3. The zero-order valence-corrected chi connectivity index (χ0v) is 15.3. The van der Waals surface area contributed by atoms with Gasteiger partial charge in [0.05, 0.1) is 36.2 Å². The topological polar surface area (TPSA) is 107 Å². The van der Waals surface area contributed by atoms with Crippen LogP contribution < -0.4 is 20.1 Å². The first-order valence-corrected chi connectivity index (χ1v) is 8.00. The molecule has 2 aromatic rings. The summed E-state index contributed by atoms with van der Waals surface area (Å²) in [5.41, 5.74) is 0.868. The molecule has 136 valence electrons. The number of rotatable bonds is 6. The lowest BCUT2D eigenvalue weighted by Crippen LogP contribution is -2.15. The van der Waals surface area contributed by atoms with Gasteiger partial charge in [-0.25, -0.2) is 0 Å². The first kappa shape index (κ1) is 19.6. The van der Waals surface area contributed by atoms with Crippen LogP contribution in [0, 0.1) is 22.7 Å². The van der Waals surface area contributed by atoms with Gasteiger partial charge in [0.15, 0.2) is 0 Å². The number of para-hydroxylation sites is 1. The lowest BCUT2D eigenvalue weighted by atomic mass is 10.2. The van der Waals surface area contributed by atoms with Crippen LogP contribution in [0.15, 0.2) is 48.2 Å². The van der Waals surface area contributed by atoms with Crippen molar-refractivity contribution in [3.8, 4) is 23.6 Å². The van der Waals surface area contributed by atoms with E-state index in [0.717, 1.165) is 0 Å². The second kappa shape index (κ2) is 9.14. The molecule has 0 atom stereocenters. The molecule has 0 aromatic heterocycles. The van der Waals surface area contributed by atoms with E-state index >= 15 is 0 Å². The summed E-state index contributed by atoms with van der Waals surface area (Å²) in [5, 5.41) is 24.1. The van der Waals surface area contributed by atoms with Crippen LogP contribution in [-0.4, -0.2) is 20.1 Å². The minimum Gasteiger partial charge on any atom is -0.495 e. The van der Waals surface area contributed by atoms with Gasteiger partial charge in [-0.1, -0.05) is 23.7 Å². The van der Waals surface area contributed by atoms with E-state index in [9.17, 15) is 10.1 Å². The second-order valence-corrected chi connectivity index (χ2v) is 5.52. The van der Waals surface area contributed by atoms with E-state index in [1.807, 2.05) is 12.1 Å². The number of carbonyl (C=O) groups is 1. The number of hydrogen-bond donors (Lipinski definition) is 2. The molecule has 0 aliphatic rings. The van der Waals surface area contributed by atoms with Crippen LogP contribution in [-0.2, 0) is 4.79 Å². The van der Waals surface area contributed by atoms with Crippen molar-refractivity contribution in [2.24, 2.45) is 0 Å². The van der Waals surface area contributed by atoms with E-state index in [0.29, 0.717) is 33.5 Å². The Morgan fingerprint density at radius 3 is 2.44 bits per heavy atom. The summed E-state index contributed by atoms with van der Waals surface area (Å²) in [5.74, 6) is 0.149. The van der Waals surface area contributed by atoms with Gasteiger partial charge in [0, 0.05) is 18.3 Å². The van der Waals surface area contributed by atoms with E-state index in [4.69, 9.17) is 26.3 Å². The predicted molar refractivity (Wildman–Crippen MR) is 102 cm³/mol. The van der Waals surface area contributed by atoms with Crippen molar-refractivity contribution in [1.82, 2.24) is 0 Å². The molecule has 1 amide bonds. The Balaban J connectivity index is 2.25. The molecule has 0 saturated carbocycles. The third kappa shape index (κ3) is 4.69. The van der Waals surface area contributed by atoms with Crippen LogP contribution in [0.25, 0.3) is 0 Å². The van der Waals surface area contributed by atoms with Gasteiger partial charge in [0.2, 0.25) is 0 Å². The fourth-order valence-electron chi connectivity index (χ4n) is 2.15. The van der Waals surface area contributed by atoms with Crippen LogP contribution in [0.2, 0.25) is 5.02 Å². The number of nitrogens with zero attached hydrogens (tertiary/aromatic N) is 2. The predicted octanol–water partition coefficient (Wildman–Crippen LogP) is 3.69. The van der Waals surface area contributed by atoms with Gasteiger partial charge in [-0.2, -0.15) is 10.5 Å². The Hall–Kier alpha value is -3.68. The Morgan fingerprint density at radius 1 is 1.11 bits per heavy atom. The largest absolute Gasteiger partial charge is 0.495 e. The maximum atomic E-state index is 12.3. The summed E-state index contributed by atoms with van der Waals surface area (Å²) in [6, 6.07) is 13.4. The average molecular weight is 383 g/mol. The third-order valence-corrected chi connectivity index (χ3v) is 3.80. The first-order chi connectivity index (χ1) is 13.0.